The zero-order chi connectivity index (χ0) is 10.1. The summed E-state index contributed by atoms with van der Waals surface area (Å²) in [5.74, 6) is 0.238. The molecule has 0 aliphatic carbocycles. The Morgan fingerprint density at radius 3 is 2.62 bits per heavy atom. The van der Waals surface area contributed by atoms with Gasteiger partial charge in [-0.05, 0) is 20.8 Å². The molecule has 0 atom stereocenters. The molecule has 0 aliphatic rings. The van der Waals surface area contributed by atoms with Crippen LogP contribution in [0.3, 0.4) is 0 Å². The Hall–Kier alpha value is -1.59. The third kappa shape index (κ3) is 2.43. The fraction of sp³-hybridized carbons (Fsp3) is 0.571. The number of rotatable bonds is 1. The van der Waals surface area contributed by atoms with Gasteiger partial charge in [0.15, 0.2) is 5.82 Å². The van der Waals surface area contributed by atoms with E-state index in [4.69, 9.17) is 5.11 Å². The maximum atomic E-state index is 10.2. The molecular formula is C7H12N4O2. The largest absolute Gasteiger partial charge is 0.465 e. The first-order valence-electron chi connectivity index (χ1n) is 3.82. The molecule has 13 heavy (non-hydrogen) atoms. The highest BCUT2D eigenvalue weighted by molar-refractivity contribution is 5.80. The van der Waals surface area contributed by atoms with Crippen molar-refractivity contribution in [3.8, 4) is 0 Å². The summed E-state index contributed by atoms with van der Waals surface area (Å²) in [5, 5.41) is 18.4. The van der Waals surface area contributed by atoms with Gasteiger partial charge in [-0.25, -0.2) is 4.79 Å². The Morgan fingerprint density at radius 2 is 2.23 bits per heavy atom. The maximum Gasteiger partial charge on any atom is 0.410 e. The summed E-state index contributed by atoms with van der Waals surface area (Å²) in [4.78, 5) is 11.7. The lowest BCUT2D eigenvalue weighted by atomic mass is 10.1. The van der Waals surface area contributed by atoms with Gasteiger partial charge < -0.3 is 5.11 Å². The highest BCUT2D eigenvalue weighted by Crippen LogP contribution is 2.11. The van der Waals surface area contributed by atoms with E-state index in [0.29, 0.717) is 0 Å². The van der Waals surface area contributed by atoms with Crippen LogP contribution in [0.1, 0.15) is 20.8 Å². The smallest absolute Gasteiger partial charge is 0.410 e. The Labute approximate surface area is 75.6 Å². The van der Waals surface area contributed by atoms with Gasteiger partial charge in [-0.2, -0.15) is 9.90 Å². The van der Waals surface area contributed by atoms with Crippen LogP contribution in [0.15, 0.2) is 6.20 Å². The fourth-order valence-corrected chi connectivity index (χ4v) is 0.753. The standard InChI is InChI=1S/C7H12N4O2/c1-7(2,3)11-8-4-5(10-11)9-6(12)13/h4H,1-3H3,(H,9,10)(H,12,13). The van der Waals surface area contributed by atoms with Gasteiger partial charge in [-0.1, -0.05) is 0 Å². The number of nitrogens with one attached hydrogen (secondary N) is 1. The summed E-state index contributed by atoms with van der Waals surface area (Å²) >= 11 is 0. The molecule has 1 amide bonds. The molecule has 0 aliphatic heterocycles. The number of carboxylic acid groups (broad SMARTS) is 1. The molecule has 0 spiro atoms. The summed E-state index contributed by atoms with van der Waals surface area (Å²) < 4.78 is 0. The van der Waals surface area contributed by atoms with Crippen LogP contribution in [-0.4, -0.2) is 26.2 Å². The predicted molar refractivity (Wildman–Crippen MR) is 46.7 cm³/mol. The molecule has 1 aromatic heterocycles. The Bertz CT molecular complexity index is 313. The highest BCUT2D eigenvalue weighted by Gasteiger charge is 2.16. The third-order valence-electron chi connectivity index (χ3n) is 1.33. The second kappa shape index (κ2) is 3.04. The van der Waals surface area contributed by atoms with Crippen LogP contribution < -0.4 is 5.32 Å². The van der Waals surface area contributed by atoms with Crippen molar-refractivity contribution in [1.82, 2.24) is 15.0 Å². The van der Waals surface area contributed by atoms with E-state index < -0.39 is 6.09 Å². The van der Waals surface area contributed by atoms with Crippen molar-refractivity contribution in [1.29, 1.82) is 0 Å². The van der Waals surface area contributed by atoms with Gasteiger partial charge in [0, 0.05) is 0 Å². The topological polar surface area (TPSA) is 80.0 Å². The van der Waals surface area contributed by atoms with Gasteiger partial charge >= 0.3 is 6.09 Å². The number of hydrogen-bond donors (Lipinski definition) is 2. The first-order chi connectivity index (χ1) is 5.89. The first kappa shape index (κ1) is 9.50. The van der Waals surface area contributed by atoms with E-state index in [9.17, 15) is 4.79 Å². The first-order valence-corrected chi connectivity index (χ1v) is 3.82. The summed E-state index contributed by atoms with van der Waals surface area (Å²) in [5.41, 5.74) is -0.238. The van der Waals surface area contributed by atoms with E-state index in [-0.39, 0.29) is 11.4 Å². The van der Waals surface area contributed by atoms with E-state index in [1.54, 1.807) is 0 Å². The SMILES string of the molecule is CC(C)(C)n1ncc(NC(=O)O)n1. The molecule has 1 heterocycles. The lowest BCUT2D eigenvalue weighted by molar-refractivity contribution is 0.209. The lowest BCUT2D eigenvalue weighted by Gasteiger charge is -2.16. The molecule has 0 saturated heterocycles. The summed E-state index contributed by atoms with van der Waals surface area (Å²) in [6.07, 6.45) is 0.236. The van der Waals surface area contributed by atoms with Crippen LogP contribution in [0.5, 0.6) is 0 Å². The molecule has 0 bridgehead atoms. The minimum Gasteiger partial charge on any atom is -0.465 e. The molecule has 6 nitrogen and oxygen atoms in total. The van der Waals surface area contributed by atoms with Crippen molar-refractivity contribution in [2.24, 2.45) is 0 Å². The number of nitrogens with zero attached hydrogens (tertiary/aromatic N) is 3. The second-order valence-corrected chi connectivity index (χ2v) is 3.62. The van der Waals surface area contributed by atoms with Crippen LogP contribution in [-0.2, 0) is 5.54 Å². The zero-order valence-corrected chi connectivity index (χ0v) is 7.77. The molecule has 72 valence electrons. The van der Waals surface area contributed by atoms with Crippen molar-refractivity contribution in [3.63, 3.8) is 0 Å². The number of aromatic nitrogens is 3. The molecule has 0 unspecified atom stereocenters. The average molecular weight is 184 g/mol. The van der Waals surface area contributed by atoms with E-state index in [1.807, 2.05) is 20.8 Å². The van der Waals surface area contributed by atoms with Gasteiger partial charge in [-0.15, -0.1) is 5.10 Å². The van der Waals surface area contributed by atoms with Gasteiger partial charge in [0.2, 0.25) is 0 Å². The van der Waals surface area contributed by atoms with Crippen LogP contribution in [0.25, 0.3) is 0 Å². The number of anilines is 1. The van der Waals surface area contributed by atoms with E-state index in [2.05, 4.69) is 15.5 Å². The number of hydrogen-bond acceptors (Lipinski definition) is 3. The van der Waals surface area contributed by atoms with E-state index >= 15 is 0 Å². The van der Waals surface area contributed by atoms with E-state index in [1.165, 1.54) is 11.0 Å². The summed E-state index contributed by atoms with van der Waals surface area (Å²) in [7, 11) is 0. The van der Waals surface area contributed by atoms with Gasteiger partial charge in [0.25, 0.3) is 0 Å². The minimum absolute atomic E-state index is 0.238. The van der Waals surface area contributed by atoms with Crippen LogP contribution in [0.2, 0.25) is 0 Å². The molecule has 0 saturated carbocycles. The summed E-state index contributed by atoms with van der Waals surface area (Å²) in [6, 6.07) is 0. The Balaban J connectivity index is 2.81. The quantitative estimate of drug-likeness (QED) is 0.685. The molecule has 2 N–H and O–H groups in total. The average Bonchev–Trinajstić information content (AvgIpc) is 2.32. The van der Waals surface area contributed by atoms with Crippen LogP contribution in [0, 0.1) is 0 Å². The molecule has 0 fully saturated rings. The van der Waals surface area contributed by atoms with Crippen molar-refractivity contribution in [3.05, 3.63) is 6.20 Å². The third-order valence-corrected chi connectivity index (χ3v) is 1.33. The second-order valence-electron chi connectivity index (χ2n) is 3.62. The zero-order valence-electron chi connectivity index (χ0n) is 7.77. The van der Waals surface area contributed by atoms with Gasteiger partial charge in [0.05, 0.1) is 11.7 Å². The Kier molecular flexibility index (Phi) is 2.22. The highest BCUT2D eigenvalue weighted by atomic mass is 16.4. The predicted octanol–water partition coefficient (Wildman–Crippen LogP) is 1.12. The molecule has 0 aromatic carbocycles. The van der Waals surface area contributed by atoms with Gasteiger partial charge in [0.1, 0.15) is 0 Å². The number of carbonyl (C=O) groups is 1. The van der Waals surface area contributed by atoms with Crippen molar-refractivity contribution < 1.29 is 9.90 Å². The summed E-state index contributed by atoms with van der Waals surface area (Å²) in [6.45, 7) is 5.78. The van der Waals surface area contributed by atoms with Crippen molar-refractivity contribution >= 4 is 11.9 Å². The normalized spacial score (nSPS) is 11.3. The molecule has 6 heteroatoms. The molecular weight excluding hydrogens is 172 g/mol. The Morgan fingerprint density at radius 1 is 1.62 bits per heavy atom. The molecule has 0 radical (unpaired) electrons. The lowest BCUT2D eigenvalue weighted by Crippen LogP contribution is -2.24. The maximum absolute atomic E-state index is 10.2. The number of amides is 1. The minimum atomic E-state index is -1.14. The fourth-order valence-electron chi connectivity index (χ4n) is 0.753. The van der Waals surface area contributed by atoms with Crippen molar-refractivity contribution in [2.45, 2.75) is 26.3 Å². The molecule has 1 rings (SSSR count). The molecule has 1 aromatic rings. The monoisotopic (exact) mass is 184 g/mol. The van der Waals surface area contributed by atoms with Gasteiger partial charge in [-0.3, -0.25) is 5.32 Å². The van der Waals surface area contributed by atoms with Crippen molar-refractivity contribution in [2.75, 3.05) is 5.32 Å². The van der Waals surface area contributed by atoms with E-state index in [0.717, 1.165) is 0 Å². The van der Waals surface area contributed by atoms with Crippen LogP contribution >= 0.6 is 0 Å². The van der Waals surface area contributed by atoms with Crippen LogP contribution in [0.4, 0.5) is 10.6 Å².